The van der Waals surface area contributed by atoms with E-state index in [0.717, 1.165) is 28.1 Å². The topological polar surface area (TPSA) is 30.5 Å². The molecule has 2 aromatic carbocycles. The van der Waals surface area contributed by atoms with Gasteiger partial charge in [0.1, 0.15) is 0 Å². The van der Waals surface area contributed by atoms with E-state index in [2.05, 4.69) is 52.4 Å². The lowest BCUT2D eigenvalue weighted by atomic mass is 10.1. The monoisotopic (exact) mass is 363 g/mol. The lowest BCUT2D eigenvalue weighted by molar-refractivity contribution is 0.310. The van der Waals surface area contributed by atoms with Gasteiger partial charge in [-0.3, -0.25) is 0 Å². The summed E-state index contributed by atoms with van der Waals surface area (Å²) in [6, 6.07) is 14.7. The first-order chi connectivity index (χ1) is 10.7. The minimum Gasteiger partial charge on any atom is -0.493 e. The molecule has 2 rings (SSSR count). The van der Waals surface area contributed by atoms with E-state index in [1.165, 1.54) is 5.56 Å². The predicted octanol–water partition coefficient (Wildman–Crippen LogP) is 4.71. The van der Waals surface area contributed by atoms with Gasteiger partial charge in [-0.15, -0.1) is 0 Å². The molecule has 0 saturated heterocycles. The maximum atomic E-state index is 5.64. The number of nitrogens with one attached hydrogen (secondary N) is 1. The molecule has 0 aliphatic rings. The molecule has 3 nitrogen and oxygen atoms in total. The van der Waals surface area contributed by atoms with Gasteiger partial charge in [0, 0.05) is 17.1 Å². The number of hydrogen-bond acceptors (Lipinski definition) is 3. The summed E-state index contributed by atoms with van der Waals surface area (Å²) in [6.45, 7) is 5.50. The van der Waals surface area contributed by atoms with Crippen LogP contribution in [0.4, 0.5) is 0 Å². The van der Waals surface area contributed by atoms with Crippen LogP contribution in [-0.4, -0.2) is 13.7 Å². The van der Waals surface area contributed by atoms with Gasteiger partial charge in [-0.05, 0) is 37.1 Å². The van der Waals surface area contributed by atoms with Gasteiger partial charge in [-0.1, -0.05) is 46.3 Å². The molecule has 0 spiro atoms. The number of rotatable bonds is 7. The Morgan fingerprint density at radius 1 is 1.14 bits per heavy atom. The summed E-state index contributed by atoms with van der Waals surface area (Å²) in [7, 11) is 1.65. The zero-order valence-electron chi connectivity index (χ0n) is 13.2. The third-order valence-corrected chi connectivity index (χ3v) is 4.27. The van der Waals surface area contributed by atoms with Crippen molar-refractivity contribution in [3.05, 3.63) is 58.1 Å². The maximum absolute atomic E-state index is 5.64. The van der Waals surface area contributed by atoms with Crippen LogP contribution in [-0.2, 0) is 6.54 Å². The van der Waals surface area contributed by atoms with E-state index in [4.69, 9.17) is 9.47 Å². The zero-order valence-corrected chi connectivity index (χ0v) is 14.8. The number of ether oxygens (including phenoxy) is 2. The average molecular weight is 364 g/mol. The Balaban J connectivity index is 2.10. The Hall–Kier alpha value is -1.52. The lowest BCUT2D eigenvalue weighted by Crippen LogP contribution is -2.18. The van der Waals surface area contributed by atoms with Crippen LogP contribution in [0.15, 0.2) is 46.9 Å². The molecular weight excluding hydrogens is 342 g/mol. The number of hydrogen-bond donors (Lipinski definition) is 1. The SMILES string of the molecule is CCOc1cc(CNC(C)c2ccccc2)c(Br)cc1OC. The summed E-state index contributed by atoms with van der Waals surface area (Å²) in [5, 5.41) is 3.54. The molecule has 0 aliphatic heterocycles. The van der Waals surface area contributed by atoms with E-state index in [1.807, 2.05) is 25.1 Å². The lowest BCUT2D eigenvalue weighted by Gasteiger charge is -2.17. The van der Waals surface area contributed by atoms with Crippen LogP contribution in [0.5, 0.6) is 11.5 Å². The van der Waals surface area contributed by atoms with Crippen molar-refractivity contribution in [1.82, 2.24) is 5.32 Å². The van der Waals surface area contributed by atoms with Crippen molar-refractivity contribution in [3.8, 4) is 11.5 Å². The highest BCUT2D eigenvalue weighted by Crippen LogP contribution is 2.33. The smallest absolute Gasteiger partial charge is 0.161 e. The molecule has 118 valence electrons. The molecule has 0 heterocycles. The van der Waals surface area contributed by atoms with Gasteiger partial charge < -0.3 is 14.8 Å². The zero-order chi connectivity index (χ0) is 15.9. The van der Waals surface area contributed by atoms with Crippen LogP contribution in [0, 0.1) is 0 Å². The minimum absolute atomic E-state index is 0.283. The number of methoxy groups -OCH3 is 1. The van der Waals surface area contributed by atoms with E-state index < -0.39 is 0 Å². The molecule has 2 aromatic rings. The van der Waals surface area contributed by atoms with Crippen LogP contribution in [0.3, 0.4) is 0 Å². The molecule has 0 fully saturated rings. The summed E-state index contributed by atoms with van der Waals surface area (Å²) >= 11 is 3.60. The molecule has 0 saturated carbocycles. The van der Waals surface area contributed by atoms with Gasteiger partial charge >= 0.3 is 0 Å². The Kier molecular flexibility index (Phi) is 6.28. The first-order valence-corrected chi connectivity index (χ1v) is 8.22. The number of halogens is 1. The molecular formula is C18H22BrNO2. The van der Waals surface area contributed by atoms with Crippen LogP contribution in [0.1, 0.15) is 31.0 Å². The Morgan fingerprint density at radius 3 is 2.50 bits per heavy atom. The van der Waals surface area contributed by atoms with Crippen molar-refractivity contribution < 1.29 is 9.47 Å². The van der Waals surface area contributed by atoms with E-state index >= 15 is 0 Å². The fraction of sp³-hybridized carbons (Fsp3) is 0.333. The molecule has 0 bridgehead atoms. The van der Waals surface area contributed by atoms with Gasteiger partial charge in [0.15, 0.2) is 11.5 Å². The van der Waals surface area contributed by atoms with Crippen molar-refractivity contribution in [3.63, 3.8) is 0 Å². The second kappa shape index (κ2) is 8.20. The second-order valence-electron chi connectivity index (χ2n) is 5.04. The van der Waals surface area contributed by atoms with Crippen LogP contribution in [0.25, 0.3) is 0 Å². The molecule has 4 heteroatoms. The second-order valence-corrected chi connectivity index (χ2v) is 5.90. The average Bonchev–Trinajstić information content (AvgIpc) is 2.55. The summed E-state index contributed by atoms with van der Waals surface area (Å²) in [5.41, 5.74) is 2.42. The van der Waals surface area contributed by atoms with Crippen molar-refractivity contribution >= 4 is 15.9 Å². The molecule has 1 unspecified atom stereocenters. The summed E-state index contributed by atoms with van der Waals surface area (Å²) < 4.78 is 12.0. The normalized spacial score (nSPS) is 12.0. The van der Waals surface area contributed by atoms with Crippen LogP contribution in [0.2, 0.25) is 0 Å². The van der Waals surface area contributed by atoms with Gasteiger partial charge in [0.2, 0.25) is 0 Å². The van der Waals surface area contributed by atoms with Crippen molar-refractivity contribution in [1.29, 1.82) is 0 Å². The third-order valence-electron chi connectivity index (χ3n) is 3.53. The van der Waals surface area contributed by atoms with Crippen molar-refractivity contribution in [2.45, 2.75) is 26.4 Å². The largest absolute Gasteiger partial charge is 0.493 e. The molecule has 0 amide bonds. The number of benzene rings is 2. The molecule has 0 aromatic heterocycles. The Morgan fingerprint density at radius 2 is 1.86 bits per heavy atom. The minimum atomic E-state index is 0.283. The summed E-state index contributed by atoms with van der Waals surface area (Å²) in [5.74, 6) is 1.52. The molecule has 0 radical (unpaired) electrons. The van der Waals surface area contributed by atoms with Crippen LogP contribution >= 0.6 is 15.9 Å². The van der Waals surface area contributed by atoms with E-state index in [0.29, 0.717) is 6.61 Å². The highest BCUT2D eigenvalue weighted by Gasteiger charge is 2.11. The quantitative estimate of drug-likeness (QED) is 0.772. The van der Waals surface area contributed by atoms with E-state index in [9.17, 15) is 0 Å². The fourth-order valence-electron chi connectivity index (χ4n) is 2.26. The van der Waals surface area contributed by atoms with Crippen LogP contribution < -0.4 is 14.8 Å². The van der Waals surface area contributed by atoms with Crippen molar-refractivity contribution in [2.75, 3.05) is 13.7 Å². The molecule has 0 aliphatic carbocycles. The molecule has 1 atom stereocenters. The first kappa shape index (κ1) is 16.8. The van der Waals surface area contributed by atoms with Gasteiger partial charge in [0.05, 0.1) is 13.7 Å². The first-order valence-electron chi connectivity index (χ1n) is 7.43. The highest BCUT2D eigenvalue weighted by molar-refractivity contribution is 9.10. The van der Waals surface area contributed by atoms with Gasteiger partial charge in [-0.2, -0.15) is 0 Å². The summed E-state index contributed by atoms with van der Waals surface area (Å²) in [4.78, 5) is 0. The maximum Gasteiger partial charge on any atom is 0.161 e. The van der Waals surface area contributed by atoms with Crippen molar-refractivity contribution in [2.24, 2.45) is 0 Å². The van der Waals surface area contributed by atoms with Gasteiger partial charge in [0.25, 0.3) is 0 Å². The fourth-order valence-corrected chi connectivity index (χ4v) is 2.73. The Bertz CT molecular complexity index is 602. The standard InChI is InChI=1S/C18H22BrNO2/c1-4-22-18-10-15(16(19)11-17(18)21-3)12-20-13(2)14-8-6-5-7-9-14/h5-11,13,20H,4,12H2,1-3H3. The Labute approximate surface area is 140 Å². The van der Waals surface area contributed by atoms with E-state index in [-0.39, 0.29) is 6.04 Å². The van der Waals surface area contributed by atoms with E-state index in [1.54, 1.807) is 7.11 Å². The highest BCUT2D eigenvalue weighted by atomic mass is 79.9. The predicted molar refractivity (Wildman–Crippen MR) is 93.6 cm³/mol. The van der Waals surface area contributed by atoms with Gasteiger partial charge in [-0.25, -0.2) is 0 Å². The summed E-state index contributed by atoms with van der Waals surface area (Å²) in [6.07, 6.45) is 0. The molecule has 22 heavy (non-hydrogen) atoms. The third kappa shape index (κ3) is 4.24. The molecule has 1 N–H and O–H groups in total.